The van der Waals surface area contributed by atoms with Gasteiger partial charge in [0.15, 0.2) is 0 Å². The molecule has 0 radical (unpaired) electrons. The molecule has 97 heavy (non-hydrogen) atoms. The highest BCUT2D eigenvalue weighted by Crippen LogP contribution is 2.63. The maximum absolute atomic E-state index is 14.1. The summed E-state index contributed by atoms with van der Waals surface area (Å²) >= 11 is 0. The molecule has 17 nitrogen and oxygen atoms in total. The number of carbonyl (C=O) groups excluding carboxylic acids is 5. The van der Waals surface area contributed by atoms with Crippen molar-refractivity contribution in [3.05, 3.63) is 0 Å². The minimum absolute atomic E-state index is 0. The van der Waals surface area contributed by atoms with Crippen molar-refractivity contribution in [1.82, 2.24) is 0 Å². The second kappa shape index (κ2) is 33.7. The summed E-state index contributed by atoms with van der Waals surface area (Å²) in [5.74, 6) is -1.20. The average Bonchev–Trinajstić information content (AvgIpc) is 1.56. The molecule has 27 unspecified atom stereocenters. The zero-order chi connectivity index (χ0) is 64.5. The third-order valence-corrected chi connectivity index (χ3v) is 27.2. The summed E-state index contributed by atoms with van der Waals surface area (Å²) in [6, 6.07) is 0. The van der Waals surface area contributed by atoms with Crippen LogP contribution in [0.15, 0.2) is 0 Å². The smallest absolute Gasteiger partial charge is 0.313 e. The number of methoxy groups -OCH3 is 2. The maximum atomic E-state index is 14.1. The lowest BCUT2D eigenvalue weighted by Crippen LogP contribution is -2.52. The molecule has 0 N–H and O–H groups in total. The van der Waals surface area contributed by atoms with Gasteiger partial charge in [0.2, 0.25) is 0 Å². The molecule has 27 atom stereocenters. The van der Waals surface area contributed by atoms with Crippen LogP contribution in [0.1, 0.15) is 281 Å². The first-order chi connectivity index (χ1) is 44.0. The highest BCUT2D eigenvalue weighted by molar-refractivity contribution is 5.86. The fraction of sp³-hybridized carbons (Fsp3) is 0.938. The lowest BCUT2D eigenvalue weighted by molar-refractivity contribution is -0.183. The van der Waals surface area contributed by atoms with Gasteiger partial charge >= 0.3 is 29.8 Å². The quantitative estimate of drug-likeness (QED) is 0.0776. The first kappa shape index (κ1) is 83.0. The molecule has 0 aromatic rings. The lowest BCUT2D eigenvalue weighted by atomic mass is 9.65. The van der Waals surface area contributed by atoms with Crippen LogP contribution in [0.4, 0.5) is 0 Å². The predicted octanol–water partition coefficient (Wildman–Crippen LogP) is 16.4. The number of hydrogen-bond acceptors (Lipinski definition) is 17. The van der Waals surface area contributed by atoms with Gasteiger partial charge in [-0.1, -0.05) is 114 Å². The largest absolute Gasteiger partial charge is 0.469 e. The Morgan fingerprint density at radius 2 is 0.660 bits per heavy atom. The first-order valence-corrected chi connectivity index (χ1v) is 37.4. The van der Waals surface area contributed by atoms with Gasteiger partial charge < -0.3 is 56.8 Å². The minimum Gasteiger partial charge on any atom is -0.469 e. The van der Waals surface area contributed by atoms with Crippen LogP contribution >= 0.6 is 0 Å². The number of rotatable bonds is 21. The first-order valence-electron chi connectivity index (χ1n) is 37.4. The number of fused-ring (bicyclic) bond motifs is 17. The van der Waals surface area contributed by atoms with E-state index in [9.17, 15) is 24.0 Å². The molecule has 14 fully saturated rings. The summed E-state index contributed by atoms with van der Waals surface area (Å²) in [5, 5.41) is 0. The summed E-state index contributed by atoms with van der Waals surface area (Å²) < 4.78 is 74.3. The molecular weight excluding hydrogens is 1230 g/mol. The average molecular weight is 1370 g/mol. The Kier molecular flexibility index (Phi) is 28.8. The van der Waals surface area contributed by atoms with Crippen molar-refractivity contribution < 1.29 is 80.8 Å². The van der Waals surface area contributed by atoms with Gasteiger partial charge in [0.1, 0.15) is 22.4 Å². The Morgan fingerprint density at radius 3 is 0.938 bits per heavy atom. The molecule has 5 aliphatic carbocycles. The normalized spacial score (nSPS) is 42.6. The Balaban J connectivity index is 0.000000226. The molecule has 5 saturated carbocycles. The van der Waals surface area contributed by atoms with Gasteiger partial charge in [-0.05, 0) is 179 Å². The third kappa shape index (κ3) is 14.2. The molecule has 14 rings (SSSR count). The Bertz CT molecular complexity index is 2560. The summed E-state index contributed by atoms with van der Waals surface area (Å²) in [6.07, 6.45) is 25.2. The Morgan fingerprint density at radius 1 is 0.361 bits per heavy atom. The van der Waals surface area contributed by atoms with E-state index >= 15 is 0 Å². The van der Waals surface area contributed by atoms with Crippen molar-refractivity contribution in [2.24, 2.45) is 82.9 Å². The molecule has 14 aliphatic rings. The fourth-order valence-electron chi connectivity index (χ4n) is 22.6. The predicted molar refractivity (Wildman–Crippen MR) is 377 cm³/mol. The highest BCUT2D eigenvalue weighted by atomic mass is 16.6. The fourth-order valence-corrected chi connectivity index (χ4v) is 22.6. The lowest BCUT2D eigenvalue weighted by Gasteiger charge is -2.40. The topological polar surface area (TPSA) is 196 Å². The standard InChI is InChI=1S/C30H46O6.C22H34O6.C22H36O5.6CH4/c1-5-19-21-22(20(6-2)33-19)26-24(28(32)36-30(8-4)16-17-11-12-18(30)15-17)23(25(21)34-26)27(31)35-29(7-3)13-9-10-14-29;1-5-12-14-15(13(6-2)26-12)19-17(16(18(14)27-19)20(23)25-4)21(24)28-22(7-3)10-8-9-11-22;1-5-14-17-18(15(6-2)25-14)20-16(13(12-24-4)19(17)26-20)21(23)27-22(7-3)10-8-9-11-22;;;;;;/h17-26H,5-16H2,1-4H3;12-19H,5-11H2,1-4H3;13-20H,5-12H2,1-4H3;6*1H4. The molecule has 9 saturated heterocycles. The van der Waals surface area contributed by atoms with Crippen molar-refractivity contribution in [1.29, 1.82) is 0 Å². The molecular formula is C80H140O17. The number of hydrogen-bond donors (Lipinski definition) is 0. The summed E-state index contributed by atoms with van der Waals surface area (Å²) in [4.78, 5) is 67.5. The van der Waals surface area contributed by atoms with Crippen LogP contribution in [0.3, 0.4) is 0 Å². The van der Waals surface area contributed by atoms with Crippen LogP contribution in [-0.4, -0.2) is 146 Å². The van der Waals surface area contributed by atoms with E-state index in [0.717, 1.165) is 154 Å². The second-order valence-electron chi connectivity index (χ2n) is 30.9. The number of carbonyl (C=O) groups is 5. The van der Waals surface area contributed by atoms with Crippen LogP contribution < -0.4 is 0 Å². The second-order valence-corrected chi connectivity index (χ2v) is 30.9. The van der Waals surface area contributed by atoms with Gasteiger partial charge in [0.05, 0.1) is 117 Å². The summed E-state index contributed by atoms with van der Waals surface area (Å²) in [6.45, 7) is 21.9. The number of esters is 5. The highest BCUT2D eigenvalue weighted by Gasteiger charge is 2.73. The van der Waals surface area contributed by atoms with E-state index in [-0.39, 0.29) is 206 Å². The number of ether oxygens (including phenoxy) is 12. The van der Waals surface area contributed by atoms with Gasteiger partial charge in [0.25, 0.3) is 0 Å². The Labute approximate surface area is 588 Å². The van der Waals surface area contributed by atoms with E-state index in [1.807, 2.05) is 0 Å². The summed E-state index contributed by atoms with van der Waals surface area (Å²) in [5.41, 5.74) is -1.38. The van der Waals surface area contributed by atoms with Crippen molar-refractivity contribution in [3.63, 3.8) is 0 Å². The molecule has 9 heterocycles. The Hall–Kier alpha value is -2.93. The van der Waals surface area contributed by atoms with Gasteiger partial charge in [-0.3, -0.25) is 24.0 Å². The van der Waals surface area contributed by atoms with E-state index in [1.54, 1.807) is 7.11 Å². The van der Waals surface area contributed by atoms with Gasteiger partial charge in [0, 0.05) is 48.5 Å². The van der Waals surface area contributed by atoms with Crippen molar-refractivity contribution in [3.8, 4) is 0 Å². The van der Waals surface area contributed by atoms with Crippen LogP contribution in [-0.2, 0) is 80.8 Å². The van der Waals surface area contributed by atoms with Gasteiger partial charge in [-0.15, -0.1) is 0 Å². The van der Waals surface area contributed by atoms with E-state index in [1.165, 1.54) is 20.0 Å². The van der Waals surface area contributed by atoms with Crippen molar-refractivity contribution in [2.45, 2.75) is 376 Å². The maximum Gasteiger partial charge on any atom is 0.313 e. The van der Waals surface area contributed by atoms with E-state index < -0.39 is 23.7 Å². The van der Waals surface area contributed by atoms with Gasteiger partial charge in [-0.2, -0.15) is 0 Å². The van der Waals surface area contributed by atoms with E-state index in [0.29, 0.717) is 30.3 Å². The summed E-state index contributed by atoms with van der Waals surface area (Å²) in [7, 11) is 3.10. The molecule has 0 aromatic heterocycles. The SMILES string of the molecule is C.C.C.C.C.C.CCC1OC(CC)C2C3OC(C(C(=O)OC)C3C(=O)OC3(CC)CCCC3)C12.CCC1OC(CC)C2C3OC(C(C(=O)OC4(CC)CCCC4)C3C(=O)OC3(CC)CC4CCC3C4)C12.CCC1OC(CC)C2C3OC(C(COC)C3C(=O)OC3(CC)CCCC3)C12. The van der Waals surface area contributed by atoms with E-state index in [4.69, 9.17) is 56.8 Å². The molecule has 17 heteroatoms. The third-order valence-electron chi connectivity index (χ3n) is 27.2. The molecule has 0 spiro atoms. The van der Waals surface area contributed by atoms with E-state index in [2.05, 4.69) is 69.2 Å². The van der Waals surface area contributed by atoms with Crippen LogP contribution in [0.5, 0.6) is 0 Å². The zero-order valence-corrected chi connectivity index (χ0v) is 57.5. The van der Waals surface area contributed by atoms with Crippen LogP contribution in [0.2, 0.25) is 0 Å². The van der Waals surface area contributed by atoms with Crippen LogP contribution in [0, 0.1) is 82.9 Å². The van der Waals surface area contributed by atoms with Crippen LogP contribution in [0.25, 0.3) is 0 Å². The molecule has 562 valence electrons. The van der Waals surface area contributed by atoms with Crippen molar-refractivity contribution >= 4 is 29.8 Å². The molecule has 0 amide bonds. The molecule has 8 bridgehead atoms. The minimum atomic E-state index is -0.590. The van der Waals surface area contributed by atoms with Crippen molar-refractivity contribution in [2.75, 3.05) is 20.8 Å². The van der Waals surface area contributed by atoms with Gasteiger partial charge in [-0.25, -0.2) is 0 Å². The molecule has 9 aliphatic heterocycles. The zero-order valence-electron chi connectivity index (χ0n) is 57.5. The monoisotopic (exact) mass is 1370 g/mol. The molecule has 0 aromatic carbocycles.